The fourth-order valence-corrected chi connectivity index (χ4v) is 1.16. The molecule has 0 aromatic heterocycles. The van der Waals surface area contributed by atoms with Crippen molar-refractivity contribution < 1.29 is 0 Å². The lowest BCUT2D eigenvalue weighted by Crippen LogP contribution is -2.32. The normalized spacial score (nSPS) is 25.1. The molecule has 2 heteroatoms. The fraction of sp³-hybridized carbons (Fsp3) is 0.750. The van der Waals surface area contributed by atoms with Crippen LogP contribution < -0.4 is 11.1 Å². The fourth-order valence-electron chi connectivity index (χ4n) is 1.16. The first-order chi connectivity index (χ1) is 4.93. The van der Waals surface area contributed by atoms with Crippen molar-refractivity contribution in [2.45, 2.75) is 25.3 Å². The van der Waals surface area contributed by atoms with Crippen LogP contribution >= 0.6 is 0 Å². The molecule has 0 aromatic rings. The van der Waals surface area contributed by atoms with Gasteiger partial charge in [-0.2, -0.15) is 0 Å². The van der Waals surface area contributed by atoms with Crippen LogP contribution in [0.4, 0.5) is 0 Å². The van der Waals surface area contributed by atoms with Crippen LogP contribution in [-0.4, -0.2) is 19.1 Å². The Hall–Kier alpha value is -0.520. The van der Waals surface area contributed by atoms with Crippen LogP contribution in [0.1, 0.15) is 19.3 Å². The van der Waals surface area contributed by atoms with Gasteiger partial charge in [-0.15, -0.1) is 0 Å². The van der Waals surface area contributed by atoms with Crippen molar-refractivity contribution in [1.29, 1.82) is 0 Å². The minimum Gasteiger partial charge on any atom is -0.320 e. The Balaban J connectivity index is 2.25. The summed E-state index contributed by atoms with van der Waals surface area (Å²) in [5.41, 5.74) is 5.24. The van der Waals surface area contributed by atoms with E-state index in [-0.39, 0.29) is 0 Å². The molecular formula is C8H14N2. The third-order valence-electron chi connectivity index (χ3n) is 1.69. The summed E-state index contributed by atoms with van der Waals surface area (Å²) in [4.78, 5) is 0. The molecule has 1 saturated heterocycles. The van der Waals surface area contributed by atoms with Crippen molar-refractivity contribution in [2.75, 3.05) is 13.1 Å². The lowest BCUT2D eigenvalue weighted by Gasteiger charge is -2.17. The SMILES string of the molecule is NCC#CC1CCCCN1. The van der Waals surface area contributed by atoms with Crippen LogP contribution in [0, 0.1) is 11.8 Å². The van der Waals surface area contributed by atoms with Gasteiger partial charge in [0.2, 0.25) is 0 Å². The van der Waals surface area contributed by atoms with Crippen molar-refractivity contribution >= 4 is 0 Å². The van der Waals surface area contributed by atoms with Gasteiger partial charge in [-0.3, -0.25) is 0 Å². The molecule has 0 amide bonds. The largest absolute Gasteiger partial charge is 0.320 e. The first-order valence-electron chi connectivity index (χ1n) is 3.85. The molecule has 0 spiro atoms. The molecule has 10 heavy (non-hydrogen) atoms. The summed E-state index contributed by atoms with van der Waals surface area (Å²) in [6, 6.07) is 0.414. The van der Waals surface area contributed by atoms with E-state index in [1.165, 1.54) is 19.3 Å². The van der Waals surface area contributed by atoms with Gasteiger partial charge < -0.3 is 11.1 Å². The zero-order valence-electron chi connectivity index (χ0n) is 6.19. The topological polar surface area (TPSA) is 38.0 Å². The van der Waals surface area contributed by atoms with Gasteiger partial charge in [-0.25, -0.2) is 0 Å². The highest BCUT2D eigenvalue weighted by Gasteiger charge is 2.07. The van der Waals surface area contributed by atoms with Crippen molar-refractivity contribution in [1.82, 2.24) is 5.32 Å². The maximum absolute atomic E-state index is 5.24. The second-order valence-corrected chi connectivity index (χ2v) is 2.53. The van der Waals surface area contributed by atoms with E-state index < -0.39 is 0 Å². The summed E-state index contributed by atoms with van der Waals surface area (Å²) in [5, 5.41) is 3.32. The van der Waals surface area contributed by atoms with Gasteiger partial charge in [-0.05, 0) is 25.8 Å². The van der Waals surface area contributed by atoms with E-state index in [0.717, 1.165) is 6.54 Å². The summed E-state index contributed by atoms with van der Waals surface area (Å²) >= 11 is 0. The summed E-state index contributed by atoms with van der Waals surface area (Å²) in [6.07, 6.45) is 3.78. The highest BCUT2D eigenvalue weighted by atomic mass is 14.9. The van der Waals surface area contributed by atoms with E-state index in [0.29, 0.717) is 12.6 Å². The molecule has 0 bridgehead atoms. The van der Waals surface area contributed by atoms with Crippen molar-refractivity contribution in [3.05, 3.63) is 0 Å². The van der Waals surface area contributed by atoms with E-state index in [1.807, 2.05) is 0 Å². The van der Waals surface area contributed by atoms with E-state index in [9.17, 15) is 0 Å². The molecule has 1 aliphatic rings. The molecule has 0 saturated carbocycles. The van der Waals surface area contributed by atoms with E-state index >= 15 is 0 Å². The average Bonchev–Trinajstić information content (AvgIpc) is 2.03. The molecule has 1 unspecified atom stereocenters. The van der Waals surface area contributed by atoms with E-state index in [4.69, 9.17) is 5.73 Å². The summed E-state index contributed by atoms with van der Waals surface area (Å²) in [5.74, 6) is 5.97. The molecule has 1 atom stereocenters. The van der Waals surface area contributed by atoms with Crippen LogP contribution in [0.25, 0.3) is 0 Å². The molecule has 0 aromatic carbocycles. The number of nitrogens with one attached hydrogen (secondary N) is 1. The van der Waals surface area contributed by atoms with Crippen LogP contribution in [0.3, 0.4) is 0 Å². The average molecular weight is 138 g/mol. The first-order valence-corrected chi connectivity index (χ1v) is 3.85. The minimum absolute atomic E-state index is 0.414. The Morgan fingerprint density at radius 3 is 3.00 bits per heavy atom. The molecule has 1 aliphatic heterocycles. The molecule has 1 heterocycles. The third kappa shape index (κ3) is 2.38. The minimum atomic E-state index is 0.414. The molecule has 1 rings (SSSR count). The van der Waals surface area contributed by atoms with Crippen LogP contribution in [0.5, 0.6) is 0 Å². The van der Waals surface area contributed by atoms with Crippen molar-refractivity contribution in [2.24, 2.45) is 5.73 Å². The van der Waals surface area contributed by atoms with Gasteiger partial charge in [0.1, 0.15) is 0 Å². The number of hydrogen-bond acceptors (Lipinski definition) is 2. The number of rotatable bonds is 0. The van der Waals surface area contributed by atoms with Crippen molar-refractivity contribution in [3.63, 3.8) is 0 Å². The molecule has 1 fully saturated rings. The number of hydrogen-bond donors (Lipinski definition) is 2. The zero-order chi connectivity index (χ0) is 7.23. The predicted octanol–water partition coefficient (Wildman–Crippen LogP) is 0.0906. The molecule has 3 N–H and O–H groups in total. The second kappa shape index (κ2) is 4.32. The van der Waals surface area contributed by atoms with Gasteiger partial charge >= 0.3 is 0 Å². The Labute approximate surface area is 62.2 Å². The van der Waals surface area contributed by atoms with Gasteiger partial charge in [0.05, 0.1) is 12.6 Å². The molecule has 0 aliphatic carbocycles. The van der Waals surface area contributed by atoms with Crippen LogP contribution in [-0.2, 0) is 0 Å². The summed E-state index contributed by atoms with van der Waals surface area (Å²) in [7, 11) is 0. The quantitative estimate of drug-likeness (QED) is 0.466. The second-order valence-electron chi connectivity index (χ2n) is 2.53. The lowest BCUT2D eigenvalue weighted by atomic mass is 10.1. The number of nitrogens with two attached hydrogens (primary N) is 1. The van der Waals surface area contributed by atoms with Crippen LogP contribution in [0.2, 0.25) is 0 Å². The first kappa shape index (κ1) is 7.59. The van der Waals surface area contributed by atoms with Crippen LogP contribution in [0.15, 0.2) is 0 Å². The maximum Gasteiger partial charge on any atom is 0.0690 e. The Morgan fingerprint density at radius 2 is 2.40 bits per heavy atom. The van der Waals surface area contributed by atoms with E-state index in [1.54, 1.807) is 0 Å². The smallest absolute Gasteiger partial charge is 0.0690 e. The van der Waals surface area contributed by atoms with E-state index in [2.05, 4.69) is 17.2 Å². The Kier molecular flexibility index (Phi) is 3.28. The molecule has 0 radical (unpaired) electrons. The summed E-state index contributed by atoms with van der Waals surface area (Å²) in [6.45, 7) is 1.60. The highest BCUT2D eigenvalue weighted by molar-refractivity contribution is 5.08. The van der Waals surface area contributed by atoms with Crippen molar-refractivity contribution in [3.8, 4) is 11.8 Å². The molecular weight excluding hydrogens is 124 g/mol. The highest BCUT2D eigenvalue weighted by Crippen LogP contribution is 2.04. The van der Waals surface area contributed by atoms with Gasteiger partial charge in [-0.1, -0.05) is 11.8 Å². The number of piperidine rings is 1. The lowest BCUT2D eigenvalue weighted by molar-refractivity contribution is 0.464. The monoisotopic (exact) mass is 138 g/mol. The third-order valence-corrected chi connectivity index (χ3v) is 1.69. The Morgan fingerprint density at radius 1 is 1.50 bits per heavy atom. The Bertz CT molecular complexity index is 137. The summed E-state index contributed by atoms with van der Waals surface area (Å²) < 4.78 is 0. The maximum atomic E-state index is 5.24. The molecule has 56 valence electrons. The van der Waals surface area contributed by atoms with Gasteiger partial charge in [0, 0.05) is 0 Å². The van der Waals surface area contributed by atoms with Gasteiger partial charge in [0.25, 0.3) is 0 Å². The standard InChI is InChI=1S/C8H14N2/c9-6-3-5-8-4-1-2-7-10-8/h8,10H,1-2,4,6-7,9H2. The van der Waals surface area contributed by atoms with Gasteiger partial charge in [0.15, 0.2) is 0 Å². The molecule has 2 nitrogen and oxygen atoms in total. The zero-order valence-corrected chi connectivity index (χ0v) is 6.19. The predicted molar refractivity (Wildman–Crippen MR) is 42.5 cm³/mol.